The molecule has 2 aromatic rings. The summed E-state index contributed by atoms with van der Waals surface area (Å²) in [5, 5.41) is 9.81. The summed E-state index contributed by atoms with van der Waals surface area (Å²) in [5.74, 6) is -1.28. The van der Waals surface area contributed by atoms with Crippen LogP contribution in [0.2, 0.25) is 5.02 Å². The number of carboxylic acids is 1. The van der Waals surface area contributed by atoms with Gasteiger partial charge in [-0.15, -0.1) is 0 Å². The van der Waals surface area contributed by atoms with E-state index in [1.54, 1.807) is 45.0 Å². The summed E-state index contributed by atoms with van der Waals surface area (Å²) in [7, 11) is 0. The van der Waals surface area contributed by atoms with Crippen LogP contribution in [-0.2, 0) is 4.74 Å². The van der Waals surface area contributed by atoms with Gasteiger partial charge in [-0.2, -0.15) is 0 Å². The maximum absolute atomic E-state index is 12.2. The minimum Gasteiger partial charge on any atom is -0.477 e. The van der Waals surface area contributed by atoms with Crippen LogP contribution in [0, 0.1) is 0 Å². The van der Waals surface area contributed by atoms with Gasteiger partial charge in [-0.05, 0) is 26.8 Å². The Labute approximate surface area is 120 Å². The summed E-state index contributed by atoms with van der Waals surface area (Å²) >= 11 is 6.06. The summed E-state index contributed by atoms with van der Waals surface area (Å²) in [6, 6.07) is 6.70. The van der Waals surface area contributed by atoms with Gasteiger partial charge in [-0.3, -0.25) is 0 Å². The SMILES string of the molecule is CC(C)(C)OC(=O)n1c(C(=O)O)c(Cl)c2ccccc21. The monoisotopic (exact) mass is 295 g/mol. The number of benzene rings is 1. The summed E-state index contributed by atoms with van der Waals surface area (Å²) in [6.45, 7) is 5.12. The van der Waals surface area contributed by atoms with Crippen LogP contribution in [0.15, 0.2) is 24.3 Å². The average Bonchev–Trinajstić information content (AvgIpc) is 2.61. The van der Waals surface area contributed by atoms with Crippen molar-refractivity contribution in [3.05, 3.63) is 35.0 Å². The van der Waals surface area contributed by atoms with Crippen molar-refractivity contribution in [2.45, 2.75) is 26.4 Å². The first-order valence-corrected chi connectivity index (χ1v) is 6.36. The molecule has 0 aliphatic heterocycles. The molecule has 0 spiro atoms. The molecule has 0 radical (unpaired) electrons. The van der Waals surface area contributed by atoms with Crippen molar-refractivity contribution < 1.29 is 19.4 Å². The van der Waals surface area contributed by atoms with E-state index in [-0.39, 0.29) is 10.7 Å². The molecule has 1 N–H and O–H groups in total. The zero-order valence-corrected chi connectivity index (χ0v) is 12.1. The van der Waals surface area contributed by atoms with Crippen LogP contribution in [0.3, 0.4) is 0 Å². The van der Waals surface area contributed by atoms with Crippen molar-refractivity contribution in [3.63, 3.8) is 0 Å². The number of nitrogens with zero attached hydrogens (tertiary/aromatic N) is 1. The Kier molecular flexibility index (Phi) is 3.48. The lowest BCUT2D eigenvalue weighted by molar-refractivity contribution is 0.0513. The predicted octanol–water partition coefficient (Wildman–Crippen LogP) is 3.78. The lowest BCUT2D eigenvalue weighted by atomic mass is 10.2. The molecule has 5 nitrogen and oxygen atoms in total. The Balaban J connectivity index is 2.70. The Morgan fingerprint density at radius 2 is 1.85 bits per heavy atom. The Bertz CT molecular complexity index is 697. The number of hydrogen-bond donors (Lipinski definition) is 1. The van der Waals surface area contributed by atoms with E-state index in [9.17, 15) is 14.7 Å². The number of fused-ring (bicyclic) bond motifs is 1. The van der Waals surface area contributed by atoms with Crippen LogP contribution >= 0.6 is 11.6 Å². The second-order valence-electron chi connectivity index (χ2n) is 5.30. The lowest BCUT2D eigenvalue weighted by Gasteiger charge is -2.20. The van der Waals surface area contributed by atoms with E-state index in [2.05, 4.69) is 0 Å². The Morgan fingerprint density at radius 3 is 2.40 bits per heavy atom. The van der Waals surface area contributed by atoms with E-state index < -0.39 is 17.7 Å². The molecule has 0 aliphatic carbocycles. The molecular weight excluding hydrogens is 282 g/mol. The lowest BCUT2D eigenvalue weighted by Crippen LogP contribution is -2.28. The highest BCUT2D eigenvalue weighted by Gasteiger charge is 2.28. The van der Waals surface area contributed by atoms with Crippen LogP contribution in [0.5, 0.6) is 0 Å². The number of aromatic carboxylic acids is 1. The molecule has 20 heavy (non-hydrogen) atoms. The van der Waals surface area contributed by atoms with E-state index in [1.165, 1.54) is 0 Å². The molecule has 0 saturated carbocycles. The van der Waals surface area contributed by atoms with Gasteiger partial charge in [0.15, 0.2) is 5.69 Å². The standard InChI is InChI=1S/C14H14ClNO4/c1-14(2,3)20-13(19)16-9-7-5-4-6-8(9)10(15)11(16)12(17)18/h4-7H,1-3H3,(H,17,18). The van der Waals surface area contributed by atoms with Crippen molar-refractivity contribution in [2.75, 3.05) is 0 Å². The first kappa shape index (κ1) is 14.4. The third-order valence-electron chi connectivity index (χ3n) is 2.59. The molecule has 0 fully saturated rings. The first-order valence-electron chi connectivity index (χ1n) is 5.98. The number of hydrogen-bond acceptors (Lipinski definition) is 3. The molecule has 0 atom stereocenters. The molecular formula is C14H14ClNO4. The zero-order valence-electron chi connectivity index (χ0n) is 11.3. The number of halogens is 1. The third kappa shape index (κ3) is 2.49. The van der Waals surface area contributed by atoms with Crippen LogP contribution in [0.4, 0.5) is 4.79 Å². The molecule has 6 heteroatoms. The summed E-state index contributed by atoms with van der Waals surface area (Å²) in [5.41, 5.74) is -0.615. The molecule has 1 aromatic heterocycles. The average molecular weight is 296 g/mol. The Hall–Kier alpha value is -2.01. The number of aromatic nitrogens is 1. The van der Waals surface area contributed by atoms with Gasteiger partial charge in [0.1, 0.15) is 5.60 Å². The third-order valence-corrected chi connectivity index (χ3v) is 2.97. The summed E-state index contributed by atoms with van der Waals surface area (Å²) in [4.78, 5) is 23.6. The summed E-state index contributed by atoms with van der Waals surface area (Å²) in [6.07, 6.45) is -0.766. The highest BCUT2D eigenvalue weighted by atomic mass is 35.5. The molecule has 0 aliphatic rings. The summed E-state index contributed by atoms with van der Waals surface area (Å²) < 4.78 is 6.23. The van der Waals surface area contributed by atoms with Crippen LogP contribution < -0.4 is 0 Å². The zero-order chi connectivity index (χ0) is 15.1. The van der Waals surface area contributed by atoms with Gasteiger partial charge in [0.25, 0.3) is 0 Å². The van der Waals surface area contributed by atoms with Gasteiger partial charge < -0.3 is 9.84 Å². The van der Waals surface area contributed by atoms with E-state index in [0.29, 0.717) is 10.9 Å². The van der Waals surface area contributed by atoms with Gasteiger partial charge in [0, 0.05) is 5.39 Å². The van der Waals surface area contributed by atoms with E-state index >= 15 is 0 Å². The van der Waals surface area contributed by atoms with Crippen molar-refractivity contribution >= 4 is 34.6 Å². The molecule has 1 heterocycles. The molecule has 0 bridgehead atoms. The van der Waals surface area contributed by atoms with Crippen LogP contribution in [-0.4, -0.2) is 27.3 Å². The molecule has 106 valence electrons. The van der Waals surface area contributed by atoms with E-state index in [4.69, 9.17) is 16.3 Å². The van der Waals surface area contributed by atoms with Gasteiger partial charge in [0.2, 0.25) is 0 Å². The predicted molar refractivity (Wildman–Crippen MR) is 75.5 cm³/mol. The fourth-order valence-electron chi connectivity index (χ4n) is 1.89. The minimum atomic E-state index is -1.28. The van der Waals surface area contributed by atoms with E-state index in [1.807, 2.05) is 0 Å². The second-order valence-corrected chi connectivity index (χ2v) is 5.68. The quantitative estimate of drug-likeness (QED) is 0.869. The van der Waals surface area contributed by atoms with Gasteiger partial charge in [-0.1, -0.05) is 29.8 Å². The smallest absolute Gasteiger partial charge is 0.419 e. The van der Waals surface area contributed by atoms with Gasteiger partial charge >= 0.3 is 12.1 Å². The van der Waals surface area contributed by atoms with E-state index in [0.717, 1.165) is 4.57 Å². The maximum atomic E-state index is 12.2. The normalized spacial score (nSPS) is 11.6. The minimum absolute atomic E-state index is 0.0268. The highest BCUT2D eigenvalue weighted by molar-refractivity contribution is 6.39. The first-order chi connectivity index (χ1) is 9.22. The Morgan fingerprint density at radius 1 is 1.25 bits per heavy atom. The number of carbonyl (C=O) groups is 2. The molecule has 0 saturated heterocycles. The maximum Gasteiger partial charge on any atom is 0.419 e. The van der Waals surface area contributed by atoms with Crippen molar-refractivity contribution in [1.29, 1.82) is 0 Å². The number of ether oxygens (including phenoxy) is 1. The van der Waals surface area contributed by atoms with Gasteiger partial charge in [-0.25, -0.2) is 14.2 Å². The van der Waals surface area contributed by atoms with Crippen LogP contribution in [0.25, 0.3) is 10.9 Å². The molecule has 2 rings (SSSR count). The molecule has 0 amide bonds. The number of carbonyl (C=O) groups excluding carboxylic acids is 1. The van der Waals surface area contributed by atoms with Gasteiger partial charge in [0.05, 0.1) is 10.5 Å². The van der Waals surface area contributed by atoms with Crippen LogP contribution in [0.1, 0.15) is 31.3 Å². The fourth-order valence-corrected chi connectivity index (χ4v) is 2.21. The topological polar surface area (TPSA) is 68.5 Å². The number of carboxylic acid groups (broad SMARTS) is 1. The highest BCUT2D eigenvalue weighted by Crippen LogP contribution is 2.31. The number of rotatable bonds is 1. The molecule has 1 aromatic carbocycles. The number of para-hydroxylation sites is 1. The fraction of sp³-hybridized carbons (Fsp3) is 0.286. The van der Waals surface area contributed by atoms with Crippen molar-refractivity contribution in [2.24, 2.45) is 0 Å². The largest absolute Gasteiger partial charge is 0.477 e. The molecule has 0 unspecified atom stereocenters. The van der Waals surface area contributed by atoms with Crippen molar-refractivity contribution in [1.82, 2.24) is 4.57 Å². The second kappa shape index (κ2) is 4.83. The van der Waals surface area contributed by atoms with Crippen molar-refractivity contribution in [3.8, 4) is 0 Å².